The fraction of sp³-hybridized carbons (Fsp3) is 0.100. The third kappa shape index (κ3) is 3.78. The van der Waals surface area contributed by atoms with Crippen molar-refractivity contribution in [3.63, 3.8) is 0 Å². The summed E-state index contributed by atoms with van der Waals surface area (Å²) in [5.41, 5.74) is 3.38. The summed E-state index contributed by atoms with van der Waals surface area (Å²) in [5, 5.41) is 1.87. The first kappa shape index (κ1) is 16.9. The number of carbonyl (C=O) groups is 2. The Morgan fingerprint density at radius 1 is 0.880 bits per heavy atom. The molecule has 0 fully saturated rings. The zero-order chi connectivity index (χ0) is 17.8. The smallest absolute Gasteiger partial charge is 0.354 e. The molecule has 0 amide bonds. The number of hydrogen-bond acceptors (Lipinski definition) is 5. The predicted molar refractivity (Wildman–Crippen MR) is 97.2 cm³/mol. The van der Waals surface area contributed by atoms with Crippen LogP contribution in [0, 0.1) is 6.92 Å². The molecule has 2 aromatic carbocycles. The van der Waals surface area contributed by atoms with Gasteiger partial charge in [0.2, 0.25) is 0 Å². The third-order valence-corrected chi connectivity index (χ3v) is 4.59. The molecule has 0 aliphatic carbocycles. The highest BCUT2D eigenvalue weighted by Crippen LogP contribution is 2.29. The van der Waals surface area contributed by atoms with E-state index in [0.717, 1.165) is 16.7 Å². The van der Waals surface area contributed by atoms with Gasteiger partial charge in [-0.3, -0.25) is 0 Å². The van der Waals surface area contributed by atoms with E-state index >= 15 is 0 Å². The van der Waals surface area contributed by atoms with Crippen LogP contribution in [0.2, 0.25) is 0 Å². The Morgan fingerprint density at radius 2 is 1.56 bits per heavy atom. The molecule has 0 saturated carbocycles. The standard InChI is InChI=1S/C20H16O4S/c1-13-3-5-14(6-4-13)17-11-12-25-18(17)20(22)24-16-9-7-15(8-10-16)19(21)23-2/h3-12H,1-2H3. The van der Waals surface area contributed by atoms with Crippen molar-refractivity contribution >= 4 is 23.3 Å². The summed E-state index contributed by atoms with van der Waals surface area (Å²) in [7, 11) is 1.32. The number of esters is 2. The van der Waals surface area contributed by atoms with E-state index in [4.69, 9.17) is 4.74 Å². The first-order valence-corrected chi connectivity index (χ1v) is 8.51. The predicted octanol–water partition coefficient (Wildman–Crippen LogP) is 4.73. The highest BCUT2D eigenvalue weighted by Gasteiger charge is 2.17. The van der Waals surface area contributed by atoms with Crippen LogP contribution in [0.15, 0.2) is 60.0 Å². The summed E-state index contributed by atoms with van der Waals surface area (Å²) in [6.07, 6.45) is 0. The highest BCUT2D eigenvalue weighted by atomic mass is 32.1. The molecule has 0 atom stereocenters. The van der Waals surface area contributed by atoms with E-state index in [9.17, 15) is 9.59 Å². The molecule has 0 saturated heterocycles. The van der Waals surface area contributed by atoms with Gasteiger partial charge >= 0.3 is 11.9 Å². The van der Waals surface area contributed by atoms with Gasteiger partial charge in [-0.1, -0.05) is 29.8 Å². The molecule has 0 aliphatic rings. The average molecular weight is 352 g/mol. The lowest BCUT2D eigenvalue weighted by atomic mass is 10.1. The molecule has 1 aromatic heterocycles. The molecule has 4 nitrogen and oxygen atoms in total. The van der Waals surface area contributed by atoms with Crippen LogP contribution in [-0.2, 0) is 4.74 Å². The van der Waals surface area contributed by atoms with Gasteiger partial charge in [0.1, 0.15) is 10.6 Å². The Kier molecular flexibility index (Phi) is 4.95. The second kappa shape index (κ2) is 7.32. The number of ether oxygens (including phenoxy) is 2. The molecule has 0 unspecified atom stereocenters. The van der Waals surface area contributed by atoms with E-state index in [1.807, 2.05) is 42.6 Å². The minimum Gasteiger partial charge on any atom is -0.465 e. The van der Waals surface area contributed by atoms with Crippen LogP contribution >= 0.6 is 11.3 Å². The van der Waals surface area contributed by atoms with Gasteiger partial charge in [0.15, 0.2) is 0 Å². The minimum absolute atomic E-state index is 0.376. The molecule has 0 bridgehead atoms. The number of thiophene rings is 1. The van der Waals surface area contributed by atoms with Crippen LogP contribution in [0.3, 0.4) is 0 Å². The molecule has 3 aromatic rings. The summed E-state index contributed by atoms with van der Waals surface area (Å²) < 4.78 is 10.1. The molecule has 3 rings (SSSR count). The molecule has 5 heteroatoms. The van der Waals surface area contributed by atoms with Crippen LogP contribution in [0.4, 0.5) is 0 Å². The molecule has 0 N–H and O–H groups in total. The van der Waals surface area contributed by atoms with Crippen molar-refractivity contribution < 1.29 is 19.1 Å². The van der Waals surface area contributed by atoms with Crippen LogP contribution in [0.5, 0.6) is 5.75 Å². The topological polar surface area (TPSA) is 52.6 Å². The van der Waals surface area contributed by atoms with Crippen LogP contribution < -0.4 is 4.74 Å². The maximum atomic E-state index is 12.5. The Bertz CT molecular complexity index is 892. The second-order valence-electron chi connectivity index (χ2n) is 5.43. The maximum Gasteiger partial charge on any atom is 0.354 e. The zero-order valence-corrected chi connectivity index (χ0v) is 14.6. The van der Waals surface area contributed by atoms with E-state index in [1.54, 1.807) is 24.3 Å². The monoisotopic (exact) mass is 352 g/mol. The number of methoxy groups -OCH3 is 1. The molecule has 0 spiro atoms. The SMILES string of the molecule is COC(=O)c1ccc(OC(=O)c2sccc2-c2ccc(C)cc2)cc1. The van der Waals surface area contributed by atoms with E-state index in [0.29, 0.717) is 16.2 Å². The Labute approximate surface area is 149 Å². The van der Waals surface area contributed by atoms with Gasteiger partial charge in [0.25, 0.3) is 0 Å². The molecule has 0 aliphatic heterocycles. The summed E-state index contributed by atoms with van der Waals surface area (Å²) in [6, 6.07) is 16.2. The number of carbonyl (C=O) groups excluding carboxylic acids is 2. The summed E-state index contributed by atoms with van der Waals surface area (Å²) >= 11 is 1.34. The van der Waals surface area contributed by atoms with Crippen molar-refractivity contribution in [1.29, 1.82) is 0 Å². The van der Waals surface area contributed by atoms with Gasteiger partial charge in [-0.05, 0) is 48.2 Å². The number of hydrogen-bond donors (Lipinski definition) is 0. The maximum absolute atomic E-state index is 12.5. The highest BCUT2D eigenvalue weighted by molar-refractivity contribution is 7.12. The Hall–Kier alpha value is -2.92. The van der Waals surface area contributed by atoms with E-state index in [2.05, 4.69) is 4.74 Å². The fourth-order valence-electron chi connectivity index (χ4n) is 2.36. The van der Waals surface area contributed by atoms with Crippen molar-refractivity contribution in [2.24, 2.45) is 0 Å². The lowest BCUT2D eigenvalue weighted by molar-refractivity contribution is 0.0600. The molecule has 1 heterocycles. The van der Waals surface area contributed by atoms with E-state index in [1.165, 1.54) is 18.4 Å². The quantitative estimate of drug-likeness (QED) is 0.503. The number of aryl methyl sites for hydroxylation is 1. The van der Waals surface area contributed by atoms with Gasteiger partial charge in [-0.25, -0.2) is 9.59 Å². The van der Waals surface area contributed by atoms with Crippen molar-refractivity contribution in [3.8, 4) is 16.9 Å². The van der Waals surface area contributed by atoms with Gasteiger partial charge in [0.05, 0.1) is 12.7 Å². The zero-order valence-electron chi connectivity index (χ0n) is 13.8. The summed E-state index contributed by atoms with van der Waals surface area (Å²) in [4.78, 5) is 24.5. The molecule has 25 heavy (non-hydrogen) atoms. The van der Waals surface area contributed by atoms with Gasteiger partial charge in [0, 0.05) is 5.56 Å². The average Bonchev–Trinajstić information content (AvgIpc) is 3.12. The fourth-order valence-corrected chi connectivity index (χ4v) is 3.15. The Balaban J connectivity index is 1.79. The van der Waals surface area contributed by atoms with Gasteiger partial charge < -0.3 is 9.47 Å². The van der Waals surface area contributed by atoms with Crippen molar-refractivity contribution in [1.82, 2.24) is 0 Å². The number of benzene rings is 2. The normalized spacial score (nSPS) is 10.3. The van der Waals surface area contributed by atoms with Gasteiger partial charge in [-0.2, -0.15) is 0 Å². The van der Waals surface area contributed by atoms with Crippen molar-refractivity contribution in [3.05, 3.63) is 76.0 Å². The van der Waals surface area contributed by atoms with Gasteiger partial charge in [-0.15, -0.1) is 11.3 Å². The van der Waals surface area contributed by atoms with Crippen LogP contribution in [0.1, 0.15) is 25.6 Å². The van der Waals surface area contributed by atoms with Crippen LogP contribution in [0.25, 0.3) is 11.1 Å². The largest absolute Gasteiger partial charge is 0.465 e. The van der Waals surface area contributed by atoms with E-state index in [-0.39, 0.29) is 0 Å². The van der Waals surface area contributed by atoms with Crippen molar-refractivity contribution in [2.45, 2.75) is 6.92 Å². The first-order valence-electron chi connectivity index (χ1n) is 7.63. The first-order chi connectivity index (χ1) is 12.1. The van der Waals surface area contributed by atoms with E-state index < -0.39 is 11.9 Å². The molecule has 126 valence electrons. The summed E-state index contributed by atoms with van der Waals surface area (Å²) in [6.45, 7) is 2.02. The molecular weight excluding hydrogens is 336 g/mol. The molecule has 0 radical (unpaired) electrons. The Morgan fingerprint density at radius 3 is 2.20 bits per heavy atom. The molecular formula is C20H16O4S. The van der Waals surface area contributed by atoms with Crippen molar-refractivity contribution in [2.75, 3.05) is 7.11 Å². The minimum atomic E-state index is -0.433. The lowest BCUT2D eigenvalue weighted by Gasteiger charge is -2.06. The summed E-state index contributed by atoms with van der Waals surface area (Å²) in [5.74, 6) is -0.477. The third-order valence-electron chi connectivity index (χ3n) is 3.70. The van der Waals surface area contributed by atoms with Crippen LogP contribution in [-0.4, -0.2) is 19.0 Å². The number of rotatable bonds is 4. The second-order valence-corrected chi connectivity index (χ2v) is 6.35. The lowest BCUT2D eigenvalue weighted by Crippen LogP contribution is -2.08.